The third-order valence-electron chi connectivity index (χ3n) is 7.39. The molecule has 2 unspecified atom stereocenters. The summed E-state index contributed by atoms with van der Waals surface area (Å²) >= 11 is 0. The molecule has 0 aliphatic carbocycles. The lowest BCUT2D eigenvalue weighted by molar-refractivity contribution is -0.154. The maximum absolute atomic E-state index is 12.4. The van der Waals surface area contributed by atoms with E-state index in [0.29, 0.717) is 13.0 Å². The highest BCUT2D eigenvalue weighted by Gasteiger charge is 2.25. The smallest absolute Gasteiger partial charge is 0.457 e. The maximum Gasteiger partial charge on any atom is 0.472 e. The number of allylic oxidation sites excluding steroid dienone is 12. The molecule has 0 saturated carbocycles. The average Bonchev–Trinajstić information content (AvgIpc) is 3.09. The molecule has 9 heteroatoms. The molecule has 0 aromatic rings. The molecule has 0 fully saturated rings. The lowest BCUT2D eigenvalue weighted by atomic mass is 10.1. The Kier molecular flexibility index (Phi) is 35.6. The highest BCUT2D eigenvalue weighted by atomic mass is 31.2. The minimum atomic E-state index is -4.27. The molecule has 0 aromatic carbocycles. The molecule has 0 saturated heterocycles. The van der Waals surface area contributed by atoms with Gasteiger partial charge in [0.05, 0.1) is 19.8 Å². The van der Waals surface area contributed by atoms with Crippen LogP contribution in [0.4, 0.5) is 0 Å². The number of phosphoric acid groups is 1. The second kappa shape index (κ2) is 37.2. The zero-order chi connectivity index (χ0) is 35.9. The number of hydrogen-bond acceptors (Lipinski definition) is 7. The number of esters is 1. The molecule has 282 valence electrons. The van der Waals surface area contributed by atoms with Crippen LogP contribution in [0.25, 0.3) is 0 Å². The second-order valence-corrected chi connectivity index (χ2v) is 13.5. The van der Waals surface area contributed by atoms with Crippen LogP contribution >= 0.6 is 7.82 Å². The van der Waals surface area contributed by atoms with Crippen LogP contribution in [0, 0.1) is 0 Å². The Morgan fingerprint density at radius 1 is 0.633 bits per heavy atom. The summed E-state index contributed by atoms with van der Waals surface area (Å²) in [6.45, 7) is 4.66. The molecule has 0 spiro atoms. The van der Waals surface area contributed by atoms with Crippen molar-refractivity contribution in [2.24, 2.45) is 5.73 Å². The highest BCUT2D eigenvalue weighted by molar-refractivity contribution is 7.47. The number of rotatable bonds is 35. The number of carbonyl (C=O) groups excluding carboxylic acids is 1. The fourth-order valence-electron chi connectivity index (χ4n) is 4.64. The first-order valence-corrected chi connectivity index (χ1v) is 20.4. The van der Waals surface area contributed by atoms with Crippen molar-refractivity contribution >= 4 is 13.8 Å². The first-order chi connectivity index (χ1) is 23.9. The van der Waals surface area contributed by atoms with Gasteiger partial charge in [-0.1, -0.05) is 138 Å². The van der Waals surface area contributed by atoms with Crippen molar-refractivity contribution in [3.63, 3.8) is 0 Å². The molecule has 0 rings (SSSR count). The summed E-state index contributed by atoms with van der Waals surface area (Å²) in [5.74, 6) is -0.352. The van der Waals surface area contributed by atoms with Crippen LogP contribution in [0.15, 0.2) is 72.9 Å². The van der Waals surface area contributed by atoms with Crippen molar-refractivity contribution in [1.29, 1.82) is 0 Å². The van der Waals surface area contributed by atoms with E-state index in [1.807, 2.05) is 0 Å². The Hall–Kier alpha value is -2.06. The molecule has 0 heterocycles. The molecule has 0 aromatic heterocycles. The van der Waals surface area contributed by atoms with Gasteiger partial charge in [0.15, 0.2) is 0 Å². The van der Waals surface area contributed by atoms with E-state index in [4.69, 9.17) is 24.3 Å². The molecule has 0 aliphatic heterocycles. The van der Waals surface area contributed by atoms with Crippen LogP contribution in [0.1, 0.15) is 136 Å². The van der Waals surface area contributed by atoms with Gasteiger partial charge in [-0.25, -0.2) is 4.57 Å². The Bertz CT molecular complexity index is 974. The Labute approximate surface area is 299 Å². The Morgan fingerprint density at radius 2 is 1.14 bits per heavy atom. The summed E-state index contributed by atoms with van der Waals surface area (Å²) in [5, 5.41) is 0. The highest BCUT2D eigenvalue weighted by Crippen LogP contribution is 2.43. The lowest BCUT2D eigenvalue weighted by Gasteiger charge is -2.20. The zero-order valence-corrected chi connectivity index (χ0v) is 31.8. The van der Waals surface area contributed by atoms with Gasteiger partial charge in [-0.2, -0.15) is 0 Å². The van der Waals surface area contributed by atoms with E-state index in [-0.39, 0.29) is 32.3 Å². The molecular weight excluding hydrogens is 637 g/mol. The topological polar surface area (TPSA) is 117 Å². The second-order valence-electron chi connectivity index (χ2n) is 12.1. The third-order valence-corrected chi connectivity index (χ3v) is 8.37. The van der Waals surface area contributed by atoms with Gasteiger partial charge >= 0.3 is 13.8 Å². The molecular formula is C40H70NO7P. The number of unbranched alkanes of at least 4 members (excludes halogenated alkanes) is 10. The minimum absolute atomic E-state index is 0.0935. The van der Waals surface area contributed by atoms with Crippen molar-refractivity contribution in [2.75, 3.05) is 33.0 Å². The van der Waals surface area contributed by atoms with E-state index in [1.54, 1.807) is 0 Å². The number of nitrogens with two attached hydrogens (primary N) is 1. The molecule has 0 aliphatic rings. The fourth-order valence-corrected chi connectivity index (χ4v) is 5.41. The number of carbonyl (C=O) groups is 1. The summed E-state index contributed by atoms with van der Waals surface area (Å²) < 4.78 is 33.1. The summed E-state index contributed by atoms with van der Waals surface area (Å²) in [6, 6.07) is 0. The third kappa shape index (κ3) is 37.0. The van der Waals surface area contributed by atoms with Gasteiger partial charge in [0.2, 0.25) is 0 Å². The van der Waals surface area contributed by atoms with Crippen molar-refractivity contribution < 1.29 is 32.8 Å². The predicted octanol–water partition coefficient (Wildman–Crippen LogP) is 10.8. The number of hydrogen-bond donors (Lipinski definition) is 2. The average molecular weight is 708 g/mol. The Balaban J connectivity index is 4.00. The van der Waals surface area contributed by atoms with Crippen LogP contribution in [-0.4, -0.2) is 49.9 Å². The fraction of sp³-hybridized carbons (Fsp3) is 0.675. The van der Waals surface area contributed by atoms with E-state index in [0.717, 1.165) is 83.5 Å². The lowest BCUT2D eigenvalue weighted by Crippen LogP contribution is -2.28. The number of phosphoric ester groups is 1. The predicted molar refractivity (Wildman–Crippen MR) is 205 cm³/mol. The van der Waals surface area contributed by atoms with Crippen molar-refractivity contribution in [3.8, 4) is 0 Å². The van der Waals surface area contributed by atoms with Gasteiger partial charge in [-0.05, 0) is 64.2 Å². The summed E-state index contributed by atoms with van der Waals surface area (Å²) in [5.41, 5.74) is 5.33. The zero-order valence-electron chi connectivity index (χ0n) is 30.9. The van der Waals surface area contributed by atoms with Gasteiger partial charge in [0, 0.05) is 19.6 Å². The minimum Gasteiger partial charge on any atom is -0.457 e. The van der Waals surface area contributed by atoms with Crippen LogP contribution in [0.5, 0.6) is 0 Å². The SMILES string of the molecule is CC/C=C\C/C=C\C/C=C\C/C=C\C/C=C\C/C=C\CCCCCCCOCC(COP(=O)(O)OCCN)OC(=O)CCCCCCCC. The number of ether oxygens (including phenoxy) is 2. The van der Waals surface area contributed by atoms with Gasteiger partial charge in [0.25, 0.3) is 0 Å². The van der Waals surface area contributed by atoms with Crippen molar-refractivity contribution in [3.05, 3.63) is 72.9 Å². The van der Waals surface area contributed by atoms with Crippen LogP contribution in [-0.2, 0) is 27.9 Å². The Morgan fingerprint density at radius 3 is 1.71 bits per heavy atom. The molecule has 0 radical (unpaired) electrons. The summed E-state index contributed by atoms with van der Waals surface area (Å²) in [4.78, 5) is 22.2. The monoisotopic (exact) mass is 707 g/mol. The van der Waals surface area contributed by atoms with Gasteiger partial charge in [-0.3, -0.25) is 13.8 Å². The molecule has 49 heavy (non-hydrogen) atoms. The molecule has 8 nitrogen and oxygen atoms in total. The molecule has 2 atom stereocenters. The summed E-state index contributed by atoms with van der Waals surface area (Å²) in [7, 11) is -4.27. The maximum atomic E-state index is 12.4. The molecule has 0 amide bonds. The van der Waals surface area contributed by atoms with E-state index in [1.165, 1.54) is 32.1 Å². The summed E-state index contributed by atoms with van der Waals surface area (Å²) in [6.07, 6.45) is 45.2. The first kappa shape index (κ1) is 46.9. The van der Waals surface area contributed by atoms with E-state index in [9.17, 15) is 14.3 Å². The van der Waals surface area contributed by atoms with Crippen LogP contribution < -0.4 is 5.73 Å². The van der Waals surface area contributed by atoms with Crippen molar-refractivity contribution in [1.82, 2.24) is 0 Å². The van der Waals surface area contributed by atoms with Crippen molar-refractivity contribution in [2.45, 2.75) is 142 Å². The largest absolute Gasteiger partial charge is 0.472 e. The standard InChI is InChI=1S/C40H70NO7P/c1-3-5-7-9-11-12-13-14-15-16-17-18-19-20-21-22-23-24-25-26-27-28-30-32-35-45-37-39(38-47-49(43,44)46-36-34-41)48-40(42)33-31-29-10-8-6-4-2/h5,7,11-12,14-15,17-18,20-21,23-24,39H,3-4,6,8-10,13,16,19,22,25-38,41H2,1-2H3,(H,43,44)/b7-5-,12-11-,15-14-,18-17-,21-20-,24-23-. The quantitative estimate of drug-likeness (QED) is 0.0289. The van der Waals surface area contributed by atoms with Gasteiger partial charge in [-0.15, -0.1) is 0 Å². The molecule has 0 bridgehead atoms. The van der Waals surface area contributed by atoms with Crippen LogP contribution in [0.3, 0.4) is 0 Å². The normalized spacial score (nSPS) is 14.4. The van der Waals surface area contributed by atoms with Gasteiger partial charge in [0.1, 0.15) is 6.10 Å². The molecule has 3 N–H and O–H groups in total. The van der Waals surface area contributed by atoms with E-state index >= 15 is 0 Å². The van der Waals surface area contributed by atoms with E-state index in [2.05, 4.69) is 86.8 Å². The van der Waals surface area contributed by atoms with Gasteiger partial charge < -0.3 is 20.1 Å². The van der Waals surface area contributed by atoms with Crippen LogP contribution in [0.2, 0.25) is 0 Å². The first-order valence-electron chi connectivity index (χ1n) is 18.9. The van der Waals surface area contributed by atoms with E-state index < -0.39 is 13.9 Å².